The van der Waals surface area contributed by atoms with Crippen molar-refractivity contribution in [1.82, 2.24) is 14.5 Å². The maximum absolute atomic E-state index is 12.7. The molecule has 1 N–H and O–H groups in total. The Hall–Kier alpha value is -1.90. The average Bonchev–Trinajstić information content (AvgIpc) is 3.00. The van der Waals surface area contributed by atoms with E-state index in [2.05, 4.69) is 9.82 Å². The summed E-state index contributed by atoms with van der Waals surface area (Å²) in [7, 11) is -3.65. The minimum Gasteiger partial charge on any atom is -0.492 e. The normalized spacial score (nSPS) is 14.3. The molecule has 3 rings (SSSR count). The molecule has 25 heavy (non-hydrogen) atoms. The number of benzene rings is 1. The molecule has 1 aromatic heterocycles. The zero-order valence-electron chi connectivity index (χ0n) is 14.5. The lowest BCUT2D eigenvalue weighted by molar-refractivity contribution is 0.109. The Kier molecular flexibility index (Phi) is 5.41. The van der Waals surface area contributed by atoms with E-state index in [9.17, 15) is 8.42 Å². The highest BCUT2D eigenvalue weighted by Gasteiger charge is 2.20. The predicted molar refractivity (Wildman–Crippen MR) is 93.1 cm³/mol. The summed E-state index contributed by atoms with van der Waals surface area (Å²) >= 11 is 0. The van der Waals surface area contributed by atoms with E-state index in [1.807, 2.05) is 24.6 Å². The molecular weight excluding hydrogens is 342 g/mol. The van der Waals surface area contributed by atoms with Crippen LogP contribution in [-0.2, 0) is 34.3 Å². The van der Waals surface area contributed by atoms with Crippen molar-refractivity contribution >= 4 is 10.0 Å². The van der Waals surface area contributed by atoms with E-state index in [1.54, 1.807) is 18.3 Å². The van der Waals surface area contributed by atoms with Crippen molar-refractivity contribution in [3.05, 3.63) is 41.2 Å². The molecule has 136 valence electrons. The monoisotopic (exact) mass is 365 g/mol. The molecule has 8 heteroatoms. The van der Waals surface area contributed by atoms with Gasteiger partial charge in [-0.15, -0.1) is 0 Å². The minimum absolute atomic E-state index is 0.172. The fourth-order valence-electron chi connectivity index (χ4n) is 2.87. The van der Waals surface area contributed by atoms with Crippen molar-refractivity contribution in [2.24, 2.45) is 0 Å². The van der Waals surface area contributed by atoms with Gasteiger partial charge in [0.2, 0.25) is 10.0 Å². The van der Waals surface area contributed by atoms with Crippen molar-refractivity contribution < 1.29 is 17.9 Å². The van der Waals surface area contributed by atoms with Crippen LogP contribution in [0.1, 0.15) is 23.7 Å². The number of rotatable bonds is 7. The highest BCUT2D eigenvalue weighted by molar-refractivity contribution is 7.89. The van der Waals surface area contributed by atoms with Crippen LogP contribution in [0.25, 0.3) is 0 Å². The lowest BCUT2D eigenvalue weighted by atomic mass is 10.2. The number of nitrogens with zero attached hydrogens (tertiary/aromatic N) is 2. The van der Waals surface area contributed by atoms with Gasteiger partial charge in [0.1, 0.15) is 10.6 Å². The molecule has 0 aliphatic carbocycles. The maximum Gasteiger partial charge on any atom is 0.244 e. The average molecular weight is 365 g/mol. The van der Waals surface area contributed by atoms with E-state index in [1.165, 1.54) is 0 Å². The summed E-state index contributed by atoms with van der Waals surface area (Å²) in [6, 6.07) is 5.15. The minimum atomic E-state index is -3.65. The molecule has 1 aromatic carbocycles. The zero-order chi connectivity index (χ0) is 17.9. The molecule has 0 saturated heterocycles. The van der Waals surface area contributed by atoms with Gasteiger partial charge in [-0.2, -0.15) is 5.10 Å². The molecule has 2 heterocycles. The van der Waals surface area contributed by atoms with Crippen LogP contribution in [0.15, 0.2) is 29.3 Å². The summed E-state index contributed by atoms with van der Waals surface area (Å²) in [6.45, 7) is 6.07. The van der Waals surface area contributed by atoms with Crippen LogP contribution in [0.4, 0.5) is 0 Å². The molecule has 0 radical (unpaired) electrons. The molecule has 0 bridgehead atoms. The third-order valence-electron chi connectivity index (χ3n) is 4.08. The standard InChI is InChI=1S/C17H23N3O4S/c1-3-24-16-5-4-13(2)10-17(16)25(21,22)19-7-8-20-15-6-9-23-12-14(15)11-18-20/h4-5,10-11,19H,3,6-9,12H2,1-2H3. The predicted octanol–water partition coefficient (Wildman–Crippen LogP) is 1.64. The molecule has 0 atom stereocenters. The lowest BCUT2D eigenvalue weighted by Crippen LogP contribution is -2.29. The molecule has 0 saturated carbocycles. The van der Waals surface area contributed by atoms with Gasteiger partial charge < -0.3 is 9.47 Å². The number of hydrogen-bond donors (Lipinski definition) is 1. The van der Waals surface area contributed by atoms with E-state index >= 15 is 0 Å². The fourth-order valence-corrected chi connectivity index (χ4v) is 4.12. The molecule has 0 fully saturated rings. The van der Waals surface area contributed by atoms with Crippen LogP contribution in [0.2, 0.25) is 0 Å². The number of aromatic nitrogens is 2. The largest absolute Gasteiger partial charge is 0.492 e. The van der Waals surface area contributed by atoms with Crippen LogP contribution in [0.5, 0.6) is 5.75 Å². The van der Waals surface area contributed by atoms with Crippen molar-refractivity contribution in [3.8, 4) is 5.75 Å². The van der Waals surface area contributed by atoms with Crippen molar-refractivity contribution in [1.29, 1.82) is 0 Å². The summed E-state index contributed by atoms with van der Waals surface area (Å²) in [5.74, 6) is 0.370. The molecule has 0 spiro atoms. The van der Waals surface area contributed by atoms with E-state index in [0.29, 0.717) is 32.1 Å². The molecule has 7 nitrogen and oxygen atoms in total. The Morgan fingerprint density at radius 1 is 1.40 bits per heavy atom. The third kappa shape index (κ3) is 4.02. The second-order valence-electron chi connectivity index (χ2n) is 5.92. The Bertz CT molecular complexity index is 846. The molecule has 2 aromatic rings. The second-order valence-corrected chi connectivity index (χ2v) is 7.66. The van der Waals surface area contributed by atoms with Gasteiger partial charge in [-0.3, -0.25) is 4.68 Å². The molecule has 1 aliphatic rings. The number of ether oxygens (including phenoxy) is 2. The summed E-state index contributed by atoms with van der Waals surface area (Å²) in [6.07, 6.45) is 2.59. The summed E-state index contributed by atoms with van der Waals surface area (Å²) in [5, 5.41) is 4.33. The number of fused-ring (bicyclic) bond motifs is 1. The first kappa shape index (κ1) is 17.9. The Labute approximate surface area is 148 Å². The highest BCUT2D eigenvalue weighted by atomic mass is 32.2. The lowest BCUT2D eigenvalue weighted by Gasteiger charge is -2.15. The Morgan fingerprint density at radius 3 is 3.04 bits per heavy atom. The molecular formula is C17H23N3O4S. The zero-order valence-corrected chi connectivity index (χ0v) is 15.3. The van der Waals surface area contributed by atoms with Gasteiger partial charge in [0, 0.05) is 24.2 Å². The second kappa shape index (κ2) is 7.55. The number of hydrogen-bond acceptors (Lipinski definition) is 5. The highest BCUT2D eigenvalue weighted by Crippen LogP contribution is 2.25. The van der Waals surface area contributed by atoms with Crippen LogP contribution in [0, 0.1) is 6.92 Å². The first-order valence-corrected chi connectivity index (χ1v) is 9.84. The summed E-state index contributed by atoms with van der Waals surface area (Å²) in [5.41, 5.74) is 3.06. The van der Waals surface area contributed by atoms with E-state index < -0.39 is 10.0 Å². The number of aryl methyl sites for hydroxylation is 1. The van der Waals surface area contributed by atoms with Gasteiger partial charge >= 0.3 is 0 Å². The first-order chi connectivity index (χ1) is 12.0. The smallest absolute Gasteiger partial charge is 0.244 e. The van der Waals surface area contributed by atoms with Crippen LogP contribution in [-0.4, -0.2) is 38.0 Å². The van der Waals surface area contributed by atoms with Crippen molar-refractivity contribution in [3.63, 3.8) is 0 Å². The SMILES string of the molecule is CCOc1ccc(C)cc1S(=O)(=O)NCCn1ncc2c1CCOC2. The van der Waals surface area contributed by atoms with E-state index in [4.69, 9.17) is 9.47 Å². The Morgan fingerprint density at radius 2 is 2.24 bits per heavy atom. The molecule has 0 unspecified atom stereocenters. The van der Waals surface area contributed by atoms with Crippen LogP contribution < -0.4 is 9.46 Å². The van der Waals surface area contributed by atoms with Gasteiger partial charge in [-0.1, -0.05) is 6.07 Å². The van der Waals surface area contributed by atoms with Gasteiger partial charge in [-0.25, -0.2) is 13.1 Å². The van der Waals surface area contributed by atoms with Crippen molar-refractivity contribution in [2.45, 2.75) is 38.3 Å². The number of nitrogens with one attached hydrogen (secondary N) is 1. The van der Waals surface area contributed by atoms with E-state index in [0.717, 1.165) is 23.2 Å². The van der Waals surface area contributed by atoms with Gasteiger partial charge in [-0.05, 0) is 31.5 Å². The van der Waals surface area contributed by atoms with Gasteiger partial charge in [0.05, 0.1) is 32.6 Å². The maximum atomic E-state index is 12.7. The van der Waals surface area contributed by atoms with Crippen molar-refractivity contribution in [2.75, 3.05) is 19.8 Å². The molecule has 0 amide bonds. The van der Waals surface area contributed by atoms with Crippen LogP contribution in [0.3, 0.4) is 0 Å². The topological polar surface area (TPSA) is 82.5 Å². The molecule has 1 aliphatic heterocycles. The fraction of sp³-hybridized carbons (Fsp3) is 0.471. The Balaban J connectivity index is 1.70. The van der Waals surface area contributed by atoms with Crippen LogP contribution >= 0.6 is 0 Å². The summed E-state index contributed by atoms with van der Waals surface area (Å²) in [4.78, 5) is 0.172. The quantitative estimate of drug-likeness (QED) is 0.807. The first-order valence-electron chi connectivity index (χ1n) is 8.35. The summed E-state index contributed by atoms with van der Waals surface area (Å²) < 4.78 is 40.7. The third-order valence-corrected chi connectivity index (χ3v) is 5.56. The number of sulfonamides is 1. The van der Waals surface area contributed by atoms with Gasteiger partial charge in [0.15, 0.2) is 0 Å². The van der Waals surface area contributed by atoms with E-state index in [-0.39, 0.29) is 11.4 Å². The van der Waals surface area contributed by atoms with Gasteiger partial charge in [0.25, 0.3) is 0 Å².